The van der Waals surface area contributed by atoms with Crippen molar-refractivity contribution in [2.45, 2.75) is 25.4 Å². The fourth-order valence-electron chi connectivity index (χ4n) is 2.93. The van der Waals surface area contributed by atoms with E-state index in [9.17, 15) is 9.90 Å². The molecule has 2 aromatic carbocycles. The molecule has 4 nitrogen and oxygen atoms in total. The highest BCUT2D eigenvalue weighted by Gasteiger charge is 2.30. The lowest BCUT2D eigenvalue weighted by Gasteiger charge is -2.23. The number of benzene rings is 2. The van der Waals surface area contributed by atoms with Crippen LogP contribution in [0, 0.1) is 0 Å². The number of carbonyl (C=O) groups excluding carboxylic acids is 1. The highest BCUT2D eigenvalue weighted by Crippen LogP contribution is 2.25. The normalized spacial score (nSPS) is 18.3. The van der Waals surface area contributed by atoms with Crippen LogP contribution < -0.4 is 5.32 Å². The Morgan fingerprint density at radius 3 is 2.64 bits per heavy atom. The van der Waals surface area contributed by atoms with Crippen molar-refractivity contribution in [3.63, 3.8) is 0 Å². The maximum absolute atomic E-state index is 12.5. The number of phenols is 1. The van der Waals surface area contributed by atoms with Crippen LogP contribution in [0.25, 0.3) is 0 Å². The van der Waals surface area contributed by atoms with Gasteiger partial charge in [-0.1, -0.05) is 42.5 Å². The van der Waals surface area contributed by atoms with E-state index in [0.29, 0.717) is 5.69 Å². The summed E-state index contributed by atoms with van der Waals surface area (Å²) in [6.07, 6.45) is 1.87. The first-order valence-electron chi connectivity index (χ1n) is 7.61. The molecule has 1 saturated heterocycles. The monoisotopic (exact) mass is 296 g/mol. The highest BCUT2D eigenvalue weighted by atomic mass is 16.3. The van der Waals surface area contributed by atoms with Crippen LogP contribution in [0.5, 0.6) is 5.75 Å². The molecular weight excluding hydrogens is 276 g/mol. The lowest BCUT2D eigenvalue weighted by Crippen LogP contribution is -2.39. The van der Waals surface area contributed by atoms with Crippen LogP contribution in [0.3, 0.4) is 0 Å². The van der Waals surface area contributed by atoms with Crippen LogP contribution in [0.4, 0.5) is 5.69 Å². The average molecular weight is 296 g/mol. The van der Waals surface area contributed by atoms with Gasteiger partial charge in [0.15, 0.2) is 0 Å². The minimum atomic E-state index is -0.139. The fourth-order valence-corrected chi connectivity index (χ4v) is 2.93. The van der Waals surface area contributed by atoms with Gasteiger partial charge >= 0.3 is 0 Å². The minimum Gasteiger partial charge on any atom is -0.506 e. The molecule has 114 valence electrons. The zero-order chi connectivity index (χ0) is 15.4. The molecule has 1 fully saturated rings. The van der Waals surface area contributed by atoms with Crippen molar-refractivity contribution in [3.05, 3.63) is 60.2 Å². The fraction of sp³-hybridized carbons (Fsp3) is 0.278. The summed E-state index contributed by atoms with van der Waals surface area (Å²) in [5.74, 6) is 0.0541. The number of aromatic hydroxyl groups is 1. The molecule has 3 rings (SSSR count). The third-order valence-electron chi connectivity index (χ3n) is 4.06. The van der Waals surface area contributed by atoms with E-state index in [4.69, 9.17) is 0 Å². The Hall–Kier alpha value is -2.33. The van der Waals surface area contributed by atoms with Crippen molar-refractivity contribution in [3.8, 4) is 5.75 Å². The van der Waals surface area contributed by atoms with Gasteiger partial charge in [0, 0.05) is 6.54 Å². The second-order valence-electron chi connectivity index (χ2n) is 5.62. The molecule has 1 amide bonds. The Balaban J connectivity index is 1.67. The van der Waals surface area contributed by atoms with E-state index in [2.05, 4.69) is 22.3 Å². The smallest absolute Gasteiger partial charge is 0.241 e. The predicted octanol–water partition coefficient (Wildman–Crippen LogP) is 3.00. The summed E-state index contributed by atoms with van der Waals surface area (Å²) in [6, 6.07) is 16.9. The summed E-state index contributed by atoms with van der Waals surface area (Å²) >= 11 is 0. The number of anilines is 1. The third kappa shape index (κ3) is 3.28. The lowest BCUT2D eigenvalue weighted by atomic mass is 10.1. The van der Waals surface area contributed by atoms with Crippen LogP contribution >= 0.6 is 0 Å². The van der Waals surface area contributed by atoms with E-state index >= 15 is 0 Å². The first-order valence-corrected chi connectivity index (χ1v) is 7.61. The molecule has 1 heterocycles. The van der Waals surface area contributed by atoms with Crippen molar-refractivity contribution < 1.29 is 9.90 Å². The van der Waals surface area contributed by atoms with Gasteiger partial charge in [0.25, 0.3) is 0 Å². The number of nitrogens with zero attached hydrogens (tertiary/aromatic N) is 1. The molecule has 0 spiro atoms. The summed E-state index contributed by atoms with van der Waals surface area (Å²) in [7, 11) is 0. The molecule has 1 atom stereocenters. The molecule has 0 radical (unpaired) electrons. The number of phenolic OH excluding ortho intramolecular Hbond substituents is 1. The average Bonchev–Trinajstić information content (AvgIpc) is 2.99. The number of hydrogen-bond acceptors (Lipinski definition) is 3. The SMILES string of the molecule is O=C(Nc1ccccc1O)[C@H]1CCCN1Cc1ccccc1. The molecule has 0 aliphatic carbocycles. The number of nitrogens with one attached hydrogen (secondary N) is 1. The van der Waals surface area contributed by atoms with Crippen molar-refractivity contribution in [1.82, 2.24) is 4.90 Å². The Labute approximate surface area is 130 Å². The van der Waals surface area contributed by atoms with Crippen LogP contribution in [-0.2, 0) is 11.3 Å². The maximum atomic E-state index is 12.5. The Morgan fingerprint density at radius 2 is 1.86 bits per heavy atom. The lowest BCUT2D eigenvalue weighted by molar-refractivity contribution is -0.120. The standard InChI is InChI=1S/C18H20N2O2/c21-17-11-5-4-9-15(17)19-18(22)16-10-6-12-20(16)13-14-7-2-1-3-8-14/h1-5,7-9,11,16,21H,6,10,12-13H2,(H,19,22)/t16-/m1/s1. The van der Waals surface area contributed by atoms with Crippen LogP contribution in [0.2, 0.25) is 0 Å². The summed E-state index contributed by atoms with van der Waals surface area (Å²) in [5, 5.41) is 12.6. The number of rotatable bonds is 4. The zero-order valence-electron chi connectivity index (χ0n) is 12.4. The van der Waals surface area contributed by atoms with E-state index in [0.717, 1.165) is 25.9 Å². The molecule has 22 heavy (non-hydrogen) atoms. The summed E-state index contributed by atoms with van der Waals surface area (Å²) in [6.45, 7) is 1.70. The van der Waals surface area contributed by atoms with Gasteiger partial charge in [0.2, 0.25) is 5.91 Å². The van der Waals surface area contributed by atoms with Gasteiger partial charge in [0.1, 0.15) is 5.75 Å². The predicted molar refractivity (Wildman–Crippen MR) is 86.6 cm³/mol. The molecule has 0 aromatic heterocycles. The van der Waals surface area contributed by atoms with E-state index < -0.39 is 0 Å². The molecule has 0 bridgehead atoms. The second kappa shape index (κ2) is 6.62. The number of para-hydroxylation sites is 2. The van der Waals surface area contributed by atoms with Crippen LogP contribution in [0.1, 0.15) is 18.4 Å². The summed E-state index contributed by atoms with van der Waals surface area (Å²) in [5.41, 5.74) is 1.68. The molecule has 2 aromatic rings. The van der Waals surface area contributed by atoms with Crippen molar-refractivity contribution >= 4 is 11.6 Å². The van der Waals surface area contributed by atoms with Gasteiger partial charge in [-0.15, -0.1) is 0 Å². The second-order valence-corrected chi connectivity index (χ2v) is 5.62. The summed E-state index contributed by atoms with van der Waals surface area (Å²) < 4.78 is 0. The van der Waals surface area contributed by atoms with E-state index in [-0.39, 0.29) is 17.7 Å². The van der Waals surface area contributed by atoms with Crippen molar-refractivity contribution in [2.24, 2.45) is 0 Å². The van der Waals surface area contributed by atoms with E-state index in [1.807, 2.05) is 18.2 Å². The van der Waals surface area contributed by atoms with Crippen LogP contribution in [-0.4, -0.2) is 28.5 Å². The number of amides is 1. The first kappa shape index (κ1) is 14.6. The largest absolute Gasteiger partial charge is 0.506 e. The van der Waals surface area contributed by atoms with Crippen molar-refractivity contribution in [2.75, 3.05) is 11.9 Å². The molecule has 2 N–H and O–H groups in total. The molecule has 0 unspecified atom stereocenters. The quantitative estimate of drug-likeness (QED) is 0.853. The van der Waals surface area contributed by atoms with Gasteiger partial charge in [0.05, 0.1) is 11.7 Å². The van der Waals surface area contributed by atoms with Crippen LogP contribution in [0.15, 0.2) is 54.6 Å². The van der Waals surface area contributed by atoms with Gasteiger partial charge < -0.3 is 10.4 Å². The van der Waals surface area contributed by atoms with Gasteiger partial charge in [-0.3, -0.25) is 9.69 Å². The van der Waals surface area contributed by atoms with Gasteiger partial charge in [-0.05, 0) is 37.1 Å². The number of likely N-dealkylation sites (tertiary alicyclic amines) is 1. The minimum absolute atomic E-state index is 0.0464. The zero-order valence-corrected chi connectivity index (χ0v) is 12.4. The van der Waals surface area contributed by atoms with E-state index in [1.165, 1.54) is 5.56 Å². The molecular formula is C18H20N2O2. The Bertz CT molecular complexity index is 643. The molecule has 0 saturated carbocycles. The maximum Gasteiger partial charge on any atom is 0.241 e. The van der Waals surface area contributed by atoms with Gasteiger partial charge in [-0.2, -0.15) is 0 Å². The molecule has 1 aliphatic heterocycles. The Morgan fingerprint density at radius 1 is 1.14 bits per heavy atom. The van der Waals surface area contributed by atoms with Crippen molar-refractivity contribution in [1.29, 1.82) is 0 Å². The number of carbonyl (C=O) groups is 1. The topological polar surface area (TPSA) is 52.6 Å². The summed E-state index contributed by atoms with van der Waals surface area (Å²) in [4.78, 5) is 14.7. The van der Waals surface area contributed by atoms with E-state index in [1.54, 1.807) is 24.3 Å². The Kier molecular flexibility index (Phi) is 4.39. The molecule has 4 heteroatoms. The first-order chi connectivity index (χ1) is 10.7. The van der Waals surface area contributed by atoms with Gasteiger partial charge in [-0.25, -0.2) is 0 Å². The highest BCUT2D eigenvalue weighted by molar-refractivity contribution is 5.96. The number of hydrogen-bond donors (Lipinski definition) is 2. The third-order valence-corrected chi connectivity index (χ3v) is 4.06. The molecule has 1 aliphatic rings.